The van der Waals surface area contributed by atoms with Crippen LogP contribution in [0.3, 0.4) is 0 Å². The highest BCUT2D eigenvalue weighted by molar-refractivity contribution is 5.59. The molecule has 0 aliphatic heterocycles. The molecule has 0 saturated carbocycles. The Kier molecular flexibility index (Phi) is 3.57. The molecule has 14 heavy (non-hydrogen) atoms. The maximum absolute atomic E-state index is 3.27. The van der Waals surface area contributed by atoms with E-state index in [1.54, 1.807) is 0 Å². The van der Waals surface area contributed by atoms with Gasteiger partial charge in [0.05, 0.1) is 0 Å². The Morgan fingerprint density at radius 3 is 2.07 bits per heavy atom. The van der Waals surface area contributed by atoms with E-state index in [9.17, 15) is 0 Å². The van der Waals surface area contributed by atoms with E-state index in [0.29, 0.717) is 0 Å². The van der Waals surface area contributed by atoms with Gasteiger partial charge in [0, 0.05) is 25.1 Å². The van der Waals surface area contributed by atoms with Crippen molar-refractivity contribution in [1.82, 2.24) is 5.32 Å². The van der Waals surface area contributed by atoms with Gasteiger partial charge in [-0.15, -0.1) is 0 Å². The molecule has 1 aromatic rings. The maximum Gasteiger partial charge on any atom is 0.0439 e. The fourth-order valence-corrected chi connectivity index (χ4v) is 1.62. The van der Waals surface area contributed by atoms with Gasteiger partial charge in [-0.25, -0.2) is 0 Å². The van der Waals surface area contributed by atoms with E-state index in [-0.39, 0.29) is 0 Å². The van der Waals surface area contributed by atoms with Crippen LogP contribution < -0.4 is 10.6 Å². The SMILES string of the molecule is CN/C=C/Nc1c(C)cc(C)cc1C. The number of anilines is 1. The van der Waals surface area contributed by atoms with Crippen LogP contribution in [0.4, 0.5) is 5.69 Å². The molecule has 0 radical (unpaired) electrons. The van der Waals surface area contributed by atoms with Crippen molar-refractivity contribution < 1.29 is 0 Å². The van der Waals surface area contributed by atoms with Crippen LogP contribution in [0.15, 0.2) is 24.5 Å². The van der Waals surface area contributed by atoms with Crippen LogP contribution in [-0.4, -0.2) is 7.05 Å². The van der Waals surface area contributed by atoms with Gasteiger partial charge in [0.2, 0.25) is 0 Å². The summed E-state index contributed by atoms with van der Waals surface area (Å²) in [5.74, 6) is 0. The average molecular weight is 190 g/mol. The lowest BCUT2D eigenvalue weighted by molar-refractivity contribution is 1.10. The number of hydrogen-bond donors (Lipinski definition) is 2. The third kappa shape index (κ3) is 2.52. The summed E-state index contributed by atoms with van der Waals surface area (Å²) < 4.78 is 0. The summed E-state index contributed by atoms with van der Waals surface area (Å²) in [4.78, 5) is 0. The van der Waals surface area contributed by atoms with Gasteiger partial charge in [0.25, 0.3) is 0 Å². The highest BCUT2D eigenvalue weighted by atomic mass is 14.9. The lowest BCUT2D eigenvalue weighted by atomic mass is 10.1. The summed E-state index contributed by atoms with van der Waals surface area (Å²) in [5, 5.41) is 6.21. The van der Waals surface area contributed by atoms with Gasteiger partial charge in [0.1, 0.15) is 0 Å². The molecule has 2 N–H and O–H groups in total. The standard InChI is InChI=1S/C12H18N2/c1-9-7-10(2)12(11(3)8-9)14-6-5-13-4/h5-8,13-14H,1-4H3/b6-5+. The van der Waals surface area contributed by atoms with Crippen LogP contribution in [0.1, 0.15) is 16.7 Å². The quantitative estimate of drug-likeness (QED) is 0.765. The molecule has 1 rings (SSSR count). The molecular weight excluding hydrogens is 172 g/mol. The van der Waals surface area contributed by atoms with Crippen LogP contribution >= 0.6 is 0 Å². The zero-order valence-electron chi connectivity index (χ0n) is 9.31. The monoisotopic (exact) mass is 190 g/mol. The third-order valence-corrected chi connectivity index (χ3v) is 2.15. The van der Waals surface area contributed by atoms with Crippen LogP contribution in [0.2, 0.25) is 0 Å². The smallest absolute Gasteiger partial charge is 0.0439 e. The zero-order chi connectivity index (χ0) is 10.6. The molecule has 76 valence electrons. The van der Waals surface area contributed by atoms with E-state index in [1.807, 2.05) is 19.4 Å². The van der Waals surface area contributed by atoms with E-state index in [4.69, 9.17) is 0 Å². The Balaban J connectivity index is 2.91. The van der Waals surface area contributed by atoms with Crippen molar-refractivity contribution in [3.8, 4) is 0 Å². The summed E-state index contributed by atoms with van der Waals surface area (Å²) in [6.45, 7) is 6.36. The van der Waals surface area contributed by atoms with E-state index < -0.39 is 0 Å². The van der Waals surface area contributed by atoms with Gasteiger partial charge in [-0.05, 0) is 31.9 Å². The highest BCUT2D eigenvalue weighted by Gasteiger charge is 2.00. The van der Waals surface area contributed by atoms with E-state index in [1.165, 1.54) is 22.4 Å². The molecule has 2 heteroatoms. The average Bonchev–Trinajstić information content (AvgIpc) is 2.09. The molecule has 0 heterocycles. The predicted octanol–water partition coefficient (Wildman–Crippen LogP) is 2.71. The van der Waals surface area contributed by atoms with Crippen molar-refractivity contribution in [2.75, 3.05) is 12.4 Å². The Morgan fingerprint density at radius 2 is 1.57 bits per heavy atom. The Morgan fingerprint density at radius 1 is 1.00 bits per heavy atom. The lowest BCUT2D eigenvalue weighted by Gasteiger charge is -2.10. The summed E-state index contributed by atoms with van der Waals surface area (Å²) >= 11 is 0. The van der Waals surface area contributed by atoms with E-state index >= 15 is 0 Å². The summed E-state index contributed by atoms with van der Waals surface area (Å²) in [6, 6.07) is 4.37. The molecule has 0 saturated heterocycles. The first-order valence-electron chi connectivity index (χ1n) is 4.82. The third-order valence-electron chi connectivity index (χ3n) is 2.15. The second-order valence-corrected chi connectivity index (χ2v) is 3.54. The molecule has 0 atom stereocenters. The van der Waals surface area contributed by atoms with Gasteiger partial charge in [-0.1, -0.05) is 17.7 Å². The Labute approximate surface area is 86.0 Å². The fourth-order valence-electron chi connectivity index (χ4n) is 1.62. The molecule has 0 bridgehead atoms. The molecule has 0 amide bonds. The van der Waals surface area contributed by atoms with Gasteiger partial charge in [-0.3, -0.25) is 0 Å². The largest absolute Gasteiger partial charge is 0.393 e. The summed E-state index contributed by atoms with van der Waals surface area (Å²) in [6.07, 6.45) is 3.78. The first-order valence-corrected chi connectivity index (χ1v) is 4.82. The zero-order valence-corrected chi connectivity index (χ0v) is 9.31. The minimum atomic E-state index is 1.20. The van der Waals surface area contributed by atoms with Gasteiger partial charge in [-0.2, -0.15) is 0 Å². The maximum atomic E-state index is 3.27. The highest BCUT2D eigenvalue weighted by Crippen LogP contribution is 2.21. The van der Waals surface area contributed by atoms with Crippen LogP contribution in [0.25, 0.3) is 0 Å². The lowest BCUT2D eigenvalue weighted by Crippen LogP contribution is -1.98. The van der Waals surface area contributed by atoms with Crippen molar-refractivity contribution in [2.24, 2.45) is 0 Å². The van der Waals surface area contributed by atoms with E-state index in [2.05, 4.69) is 43.5 Å². The molecule has 0 fully saturated rings. The molecule has 0 spiro atoms. The summed E-state index contributed by atoms with van der Waals surface area (Å²) in [5.41, 5.74) is 5.07. The van der Waals surface area contributed by atoms with Crippen molar-refractivity contribution in [3.63, 3.8) is 0 Å². The second-order valence-electron chi connectivity index (χ2n) is 3.54. The van der Waals surface area contributed by atoms with Gasteiger partial charge >= 0.3 is 0 Å². The minimum Gasteiger partial charge on any atom is -0.393 e. The Hall–Kier alpha value is -1.44. The van der Waals surface area contributed by atoms with Crippen LogP contribution in [-0.2, 0) is 0 Å². The molecule has 0 aromatic heterocycles. The molecule has 0 unspecified atom stereocenters. The predicted molar refractivity (Wildman–Crippen MR) is 62.5 cm³/mol. The fraction of sp³-hybridized carbons (Fsp3) is 0.333. The minimum absolute atomic E-state index is 1.20. The van der Waals surface area contributed by atoms with Crippen molar-refractivity contribution in [2.45, 2.75) is 20.8 Å². The Bertz CT molecular complexity index is 317. The molecule has 0 aliphatic rings. The molecular formula is C12H18N2. The molecule has 2 nitrogen and oxygen atoms in total. The second kappa shape index (κ2) is 4.70. The summed E-state index contributed by atoms with van der Waals surface area (Å²) in [7, 11) is 1.88. The van der Waals surface area contributed by atoms with E-state index in [0.717, 1.165) is 0 Å². The van der Waals surface area contributed by atoms with Crippen molar-refractivity contribution >= 4 is 5.69 Å². The number of aryl methyl sites for hydroxylation is 3. The first-order chi connectivity index (χ1) is 6.65. The molecule has 0 aliphatic carbocycles. The first kappa shape index (κ1) is 10.6. The van der Waals surface area contributed by atoms with Gasteiger partial charge < -0.3 is 10.6 Å². The van der Waals surface area contributed by atoms with Crippen molar-refractivity contribution in [1.29, 1.82) is 0 Å². The molecule has 1 aromatic carbocycles. The number of nitrogens with one attached hydrogen (secondary N) is 2. The van der Waals surface area contributed by atoms with Gasteiger partial charge in [0.15, 0.2) is 0 Å². The number of hydrogen-bond acceptors (Lipinski definition) is 2. The normalized spacial score (nSPS) is 10.6. The van der Waals surface area contributed by atoms with Crippen LogP contribution in [0.5, 0.6) is 0 Å². The number of benzene rings is 1. The van der Waals surface area contributed by atoms with Crippen LogP contribution in [0, 0.1) is 20.8 Å². The van der Waals surface area contributed by atoms with Crippen molar-refractivity contribution in [3.05, 3.63) is 41.2 Å². The topological polar surface area (TPSA) is 24.1 Å². The number of rotatable bonds is 3.